The summed E-state index contributed by atoms with van der Waals surface area (Å²) in [5.74, 6) is 0.467. The van der Waals surface area contributed by atoms with Crippen LogP contribution >= 0.6 is 0 Å². The lowest BCUT2D eigenvalue weighted by atomic mass is 10.1. The Morgan fingerprint density at radius 2 is 2.04 bits per heavy atom. The Kier molecular flexibility index (Phi) is 5.52. The zero-order valence-electron chi connectivity index (χ0n) is 12.8. The number of nitrogens with one attached hydrogen (secondary N) is 1. The summed E-state index contributed by atoms with van der Waals surface area (Å²) in [6.45, 7) is 3.65. The van der Waals surface area contributed by atoms with Crippen LogP contribution in [0.1, 0.15) is 21.5 Å². The van der Waals surface area contributed by atoms with E-state index in [2.05, 4.69) is 17.1 Å². The van der Waals surface area contributed by atoms with E-state index in [4.69, 9.17) is 4.74 Å². The number of carbonyl (C=O) groups excluding carboxylic acids is 1. The summed E-state index contributed by atoms with van der Waals surface area (Å²) in [5.41, 5.74) is 4.17. The van der Waals surface area contributed by atoms with Gasteiger partial charge in [-0.05, 0) is 42.3 Å². The molecule has 23 heavy (non-hydrogen) atoms. The van der Waals surface area contributed by atoms with Crippen LogP contribution in [0.5, 0.6) is 11.5 Å². The van der Waals surface area contributed by atoms with Crippen LogP contribution in [0.15, 0.2) is 60.2 Å². The Balaban J connectivity index is 2.04. The zero-order chi connectivity index (χ0) is 16.7. The largest absolute Gasteiger partial charge is 0.507 e. The highest BCUT2D eigenvalue weighted by Gasteiger charge is 2.06. The average molecular weight is 310 g/mol. The molecule has 0 aliphatic carbocycles. The molecule has 0 aromatic heterocycles. The summed E-state index contributed by atoms with van der Waals surface area (Å²) in [6, 6.07) is 12.0. The first-order valence-electron chi connectivity index (χ1n) is 7.05. The Hall–Kier alpha value is -3.08. The van der Waals surface area contributed by atoms with E-state index in [0.717, 1.165) is 5.56 Å². The maximum absolute atomic E-state index is 11.9. The van der Waals surface area contributed by atoms with Crippen LogP contribution in [0.4, 0.5) is 0 Å². The van der Waals surface area contributed by atoms with Gasteiger partial charge in [0.15, 0.2) is 0 Å². The van der Waals surface area contributed by atoms with E-state index >= 15 is 0 Å². The third-order valence-electron chi connectivity index (χ3n) is 3.24. The van der Waals surface area contributed by atoms with Crippen LogP contribution in [0.2, 0.25) is 0 Å². The molecule has 0 unspecified atom stereocenters. The fourth-order valence-corrected chi connectivity index (χ4v) is 2.00. The second-order valence-electron chi connectivity index (χ2n) is 4.78. The van der Waals surface area contributed by atoms with E-state index in [-0.39, 0.29) is 11.7 Å². The molecule has 0 bridgehead atoms. The predicted molar refractivity (Wildman–Crippen MR) is 90.1 cm³/mol. The Labute approximate surface area is 134 Å². The monoisotopic (exact) mass is 310 g/mol. The maximum Gasteiger partial charge on any atom is 0.271 e. The molecule has 2 rings (SSSR count). The van der Waals surface area contributed by atoms with Gasteiger partial charge >= 0.3 is 0 Å². The Morgan fingerprint density at radius 3 is 2.70 bits per heavy atom. The first-order valence-corrected chi connectivity index (χ1v) is 7.05. The van der Waals surface area contributed by atoms with Crippen molar-refractivity contribution in [2.24, 2.45) is 5.10 Å². The van der Waals surface area contributed by atoms with Gasteiger partial charge in [-0.3, -0.25) is 4.79 Å². The molecule has 2 aromatic rings. The minimum Gasteiger partial charge on any atom is -0.507 e. The summed E-state index contributed by atoms with van der Waals surface area (Å²) in [7, 11) is 1.56. The number of hydrogen-bond acceptors (Lipinski definition) is 4. The second-order valence-corrected chi connectivity index (χ2v) is 4.78. The molecule has 5 heteroatoms. The quantitative estimate of drug-likeness (QED) is 0.489. The highest BCUT2D eigenvalue weighted by Crippen LogP contribution is 2.21. The normalized spacial score (nSPS) is 10.5. The number of phenolic OH excluding ortho intramolecular Hbond substituents is 1. The van der Waals surface area contributed by atoms with Crippen molar-refractivity contribution in [2.75, 3.05) is 7.11 Å². The van der Waals surface area contributed by atoms with Gasteiger partial charge in [0, 0.05) is 11.1 Å². The summed E-state index contributed by atoms with van der Waals surface area (Å²) >= 11 is 0. The number of ether oxygens (including phenoxy) is 1. The summed E-state index contributed by atoms with van der Waals surface area (Å²) in [4.78, 5) is 11.9. The van der Waals surface area contributed by atoms with E-state index in [0.29, 0.717) is 23.3 Å². The van der Waals surface area contributed by atoms with Gasteiger partial charge in [-0.1, -0.05) is 18.2 Å². The number of hydrogen-bond donors (Lipinski definition) is 2. The lowest BCUT2D eigenvalue weighted by molar-refractivity contribution is 0.0955. The molecule has 2 aromatic carbocycles. The molecule has 2 N–H and O–H groups in total. The van der Waals surface area contributed by atoms with Gasteiger partial charge in [0.1, 0.15) is 11.5 Å². The number of allylic oxidation sites excluding steroid dienone is 1. The second kappa shape index (κ2) is 7.79. The van der Waals surface area contributed by atoms with Gasteiger partial charge in [-0.25, -0.2) is 5.43 Å². The molecule has 0 spiro atoms. The minimum atomic E-state index is -0.342. The van der Waals surface area contributed by atoms with Crippen molar-refractivity contribution < 1.29 is 14.6 Å². The molecule has 0 heterocycles. The Bertz CT molecular complexity index is 722. The van der Waals surface area contributed by atoms with E-state index in [1.165, 1.54) is 6.21 Å². The van der Waals surface area contributed by atoms with E-state index in [9.17, 15) is 9.90 Å². The number of hydrazone groups is 1. The standard InChI is InChI=1S/C18H18N2O3/c1-3-5-13-6-4-7-15(17(13)21)12-19-20-18(22)14-8-10-16(23-2)11-9-14/h3-4,6-12,21H,1,5H2,2H3,(H,20,22). The van der Waals surface area contributed by atoms with Crippen LogP contribution in [-0.2, 0) is 6.42 Å². The lowest BCUT2D eigenvalue weighted by Gasteiger charge is -2.05. The van der Waals surface area contributed by atoms with Crippen LogP contribution in [0.25, 0.3) is 0 Å². The van der Waals surface area contributed by atoms with E-state index < -0.39 is 0 Å². The van der Waals surface area contributed by atoms with Crippen molar-refractivity contribution in [1.82, 2.24) is 5.43 Å². The number of rotatable bonds is 6. The first kappa shape index (κ1) is 16.3. The van der Waals surface area contributed by atoms with Crippen molar-refractivity contribution in [3.8, 4) is 11.5 Å². The first-order chi connectivity index (χ1) is 11.2. The van der Waals surface area contributed by atoms with Crippen LogP contribution in [0, 0.1) is 0 Å². The molecule has 118 valence electrons. The van der Waals surface area contributed by atoms with Crippen molar-refractivity contribution in [3.05, 3.63) is 71.8 Å². The number of para-hydroxylation sites is 1. The topological polar surface area (TPSA) is 70.9 Å². The smallest absolute Gasteiger partial charge is 0.271 e. The summed E-state index contributed by atoms with van der Waals surface area (Å²) < 4.78 is 5.04. The number of phenols is 1. The molecular formula is C18H18N2O3. The van der Waals surface area contributed by atoms with Gasteiger partial charge in [0.25, 0.3) is 5.91 Å². The number of carbonyl (C=O) groups is 1. The van der Waals surface area contributed by atoms with E-state index in [1.807, 2.05) is 12.1 Å². The molecular weight excluding hydrogens is 292 g/mol. The zero-order valence-corrected chi connectivity index (χ0v) is 12.8. The van der Waals surface area contributed by atoms with Crippen molar-refractivity contribution in [1.29, 1.82) is 0 Å². The number of aromatic hydroxyl groups is 1. The number of benzene rings is 2. The highest BCUT2D eigenvalue weighted by molar-refractivity contribution is 5.95. The van der Waals surface area contributed by atoms with Crippen LogP contribution in [-0.4, -0.2) is 24.3 Å². The number of nitrogens with zero attached hydrogens (tertiary/aromatic N) is 1. The van der Waals surface area contributed by atoms with Crippen LogP contribution in [0.3, 0.4) is 0 Å². The molecule has 5 nitrogen and oxygen atoms in total. The molecule has 0 radical (unpaired) electrons. The van der Waals surface area contributed by atoms with Gasteiger partial charge in [-0.2, -0.15) is 5.10 Å². The molecule has 1 amide bonds. The highest BCUT2D eigenvalue weighted by atomic mass is 16.5. The molecule has 0 saturated carbocycles. The summed E-state index contributed by atoms with van der Waals surface area (Å²) in [6.07, 6.45) is 3.68. The predicted octanol–water partition coefficient (Wildman–Crippen LogP) is 2.89. The molecule has 0 saturated heterocycles. The number of methoxy groups -OCH3 is 1. The Morgan fingerprint density at radius 1 is 1.30 bits per heavy atom. The van der Waals surface area contributed by atoms with Gasteiger partial charge in [-0.15, -0.1) is 6.58 Å². The number of amides is 1. The fraction of sp³-hybridized carbons (Fsp3) is 0.111. The third-order valence-corrected chi connectivity index (χ3v) is 3.24. The minimum absolute atomic E-state index is 0.134. The van der Waals surface area contributed by atoms with Gasteiger partial charge in [0.2, 0.25) is 0 Å². The third kappa shape index (κ3) is 4.20. The van der Waals surface area contributed by atoms with E-state index in [1.54, 1.807) is 43.5 Å². The molecule has 0 aliphatic heterocycles. The lowest BCUT2D eigenvalue weighted by Crippen LogP contribution is -2.17. The van der Waals surface area contributed by atoms with Crippen LogP contribution < -0.4 is 10.2 Å². The summed E-state index contributed by atoms with van der Waals surface area (Å²) in [5, 5.41) is 14.0. The fourth-order valence-electron chi connectivity index (χ4n) is 2.00. The SMILES string of the molecule is C=CCc1cccc(C=NNC(=O)c2ccc(OC)cc2)c1O. The van der Waals surface area contributed by atoms with Crippen molar-refractivity contribution in [3.63, 3.8) is 0 Å². The van der Waals surface area contributed by atoms with Gasteiger partial charge < -0.3 is 9.84 Å². The molecule has 0 fully saturated rings. The van der Waals surface area contributed by atoms with Crippen molar-refractivity contribution in [2.45, 2.75) is 6.42 Å². The molecule has 0 atom stereocenters. The van der Waals surface area contributed by atoms with Gasteiger partial charge in [0.05, 0.1) is 13.3 Å². The molecule has 0 aliphatic rings. The van der Waals surface area contributed by atoms with Crippen molar-refractivity contribution >= 4 is 12.1 Å². The average Bonchev–Trinajstić information content (AvgIpc) is 2.58. The maximum atomic E-state index is 11.9.